The maximum Gasteiger partial charge on any atom is 0.220 e. The van der Waals surface area contributed by atoms with Crippen molar-refractivity contribution in [3.8, 4) is 0 Å². The third-order valence-corrected chi connectivity index (χ3v) is 2.17. The lowest BCUT2D eigenvalue weighted by Gasteiger charge is -1.92. The number of aromatic nitrogens is 1. The lowest BCUT2D eigenvalue weighted by Crippen LogP contribution is -2.10. The van der Waals surface area contributed by atoms with Crippen LogP contribution in [0.1, 0.15) is 12.5 Å². The van der Waals surface area contributed by atoms with E-state index in [2.05, 4.69) is 10.3 Å². The summed E-state index contributed by atoms with van der Waals surface area (Å²) in [4.78, 5) is 13.8. The van der Waals surface area contributed by atoms with E-state index in [4.69, 9.17) is 0 Å². The molecule has 2 N–H and O–H groups in total. The molecule has 0 aliphatic carbocycles. The number of carbonyl (C=O) groups excluding carboxylic acids is 1. The number of fused-ring (bicyclic) bond motifs is 1. The van der Waals surface area contributed by atoms with E-state index in [0.29, 0.717) is 0 Å². The number of carbonyl (C=O) groups is 1. The van der Waals surface area contributed by atoms with Crippen molar-refractivity contribution in [2.75, 3.05) is 0 Å². The molecule has 1 heterocycles. The Morgan fingerprint density at radius 1 is 1.40 bits per heavy atom. The van der Waals surface area contributed by atoms with Crippen LogP contribution in [0.4, 0.5) is 0 Å². The fraction of sp³-hybridized carbons (Fsp3) is 0.0833. The van der Waals surface area contributed by atoms with Gasteiger partial charge in [-0.05, 0) is 12.1 Å². The molecule has 0 bridgehead atoms. The van der Waals surface area contributed by atoms with Crippen LogP contribution in [0.3, 0.4) is 0 Å². The van der Waals surface area contributed by atoms with Gasteiger partial charge in [0.1, 0.15) is 0 Å². The van der Waals surface area contributed by atoms with Gasteiger partial charge in [0.25, 0.3) is 0 Å². The monoisotopic (exact) mass is 200 g/mol. The lowest BCUT2D eigenvalue weighted by molar-refractivity contribution is -0.118. The predicted octanol–water partition coefficient (Wildman–Crippen LogP) is 2.27. The molecule has 0 atom stereocenters. The molecule has 0 unspecified atom stereocenters. The van der Waals surface area contributed by atoms with E-state index in [0.717, 1.165) is 16.5 Å². The zero-order valence-electron chi connectivity index (χ0n) is 8.45. The van der Waals surface area contributed by atoms with E-state index in [-0.39, 0.29) is 5.91 Å². The van der Waals surface area contributed by atoms with Gasteiger partial charge >= 0.3 is 0 Å². The number of benzene rings is 1. The molecule has 1 aromatic heterocycles. The van der Waals surface area contributed by atoms with Crippen LogP contribution >= 0.6 is 0 Å². The van der Waals surface area contributed by atoms with Gasteiger partial charge in [-0.1, -0.05) is 18.2 Å². The molecule has 1 amide bonds. The molecule has 3 heteroatoms. The molecule has 15 heavy (non-hydrogen) atoms. The number of hydrogen-bond acceptors (Lipinski definition) is 1. The maximum atomic E-state index is 10.7. The number of nitrogens with one attached hydrogen (secondary N) is 2. The van der Waals surface area contributed by atoms with Crippen molar-refractivity contribution >= 4 is 22.9 Å². The van der Waals surface area contributed by atoms with Crippen LogP contribution in [-0.2, 0) is 4.79 Å². The van der Waals surface area contributed by atoms with Gasteiger partial charge in [-0.15, -0.1) is 0 Å². The summed E-state index contributed by atoms with van der Waals surface area (Å²) < 4.78 is 0. The van der Waals surface area contributed by atoms with Crippen LogP contribution in [0, 0.1) is 0 Å². The number of hydrogen-bond donors (Lipinski definition) is 2. The van der Waals surface area contributed by atoms with Gasteiger partial charge < -0.3 is 10.3 Å². The third kappa shape index (κ3) is 2.07. The van der Waals surface area contributed by atoms with Crippen molar-refractivity contribution in [1.29, 1.82) is 0 Å². The summed E-state index contributed by atoms with van der Waals surface area (Å²) in [6, 6.07) is 8.04. The first-order valence-electron chi connectivity index (χ1n) is 4.77. The van der Waals surface area contributed by atoms with Gasteiger partial charge in [0.2, 0.25) is 5.91 Å². The molecule has 3 nitrogen and oxygen atoms in total. The van der Waals surface area contributed by atoms with E-state index >= 15 is 0 Å². The van der Waals surface area contributed by atoms with Gasteiger partial charge in [0.05, 0.1) is 0 Å². The topological polar surface area (TPSA) is 44.9 Å². The third-order valence-electron chi connectivity index (χ3n) is 2.17. The Morgan fingerprint density at radius 2 is 2.20 bits per heavy atom. The maximum absolute atomic E-state index is 10.7. The smallest absolute Gasteiger partial charge is 0.220 e. The van der Waals surface area contributed by atoms with Crippen molar-refractivity contribution in [2.24, 2.45) is 0 Å². The van der Waals surface area contributed by atoms with Crippen molar-refractivity contribution in [3.63, 3.8) is 0 Å². The van der Waals surface area contributed by atoms with Crippen LogP contribution in [0.25, 0.3) is 17.0 Å². The molecular formula is C12H12N2O. The van der Waals surface area contributed by atoms with E-state index in [9.17, 15) is 4.79 Å². The highest BCUT2D eigenvalue weighted by Crippen LogP contribution is 2.18. The van der Waals surface area contributed by atoms with Gasteiger partial charge in [-0.25, -0.2) is 0 Å². The first kappa shape index (κ1) is 9.52. The summed E-state index contributed by atoms with van der Waals surface area (Å²) in [5.74, 6) is -0.0638. The van der Waals surface area contributed by atoms with Crippen molar-refractivity contribution < 1.29 is 4.79 Å². The van der Waals surface area contributed by atoms with E-state index < -0.39 is 0 Å². The summed E-state index contributed by atoms with van der Waals surface area (Å²) >= 11 is 0. The molecule has 0 saturated carbocycles. The number of aromatic amines is 1. The summed E-state index contributed by atoms with van der Waals surface area (Å²) in [7, 11) is 0. The van der Waals surface area contributed by atoms with Crippen LogP contribution < -0.4 is 5.32 Å². The summed E-state index contributed by atoms with van der Waals surface area (Å²) in [5, 5.41) is 3.77. The van der Waals surface area contributed by atoms with Crippen LogP contribution in [0.15, 0.2) is 36.7 Å². The molecule has 0 fully saturated rings. The first-order valence-corrected chi connectivity index (χ1v) is 4.77. The minimum Gasteiger partial charge on any atom is -0.361 e. The Bertz CT molecular complexity index is 511. The molecule has 0 spiro atoms. The van der Waals surface area contributed by atoms with Crippen LogP contribution in [-0.4, -0.2) is 10.9 Å². The number of rotatable bonds is 2. The second kappa shape index (κ2) is 4.00. The fourth-order valence-electron chi connectivity index (χ4n) is 1.48. The van der Waals surface area contributed by atoms with Crippen molar-refractivity contribution in [3.05, 3.63) is 42.2 Å². The molecule has 2 aromatic rings. The Labute approximate surface area is 87.8 Å². The van der Waals surface area contributed by atoms with Crippen LogP contribution in [0.2, 0.25) is 0 Å². The highest BCUT2D eigenvalue weighted by molar-refractivity contribution is 5.89. The largest absolute Gasteiger partial charge is 0.361 e. The zero-order chi connectivity index (χ0) is 10.7. The molecule has 0 aliphatic heterocycles. The second-order valence-electron chi connectivity index (χ2n) is 3.32. The van der Waals surface area contributed by atoms with Crippen molar-refractivity contribution in [1.82, 2.24) is 10.3 Å². The molecule has 0 radical (unpaired) electrons. The quantitative estimate of drug-likeness (QED) is 0.767. The normalized spacial score (nSPS) is 11.0. The Kier molecular flexibility index (Phi) is 2.54. The highest BCUT2D eigenvalue weighted by atomic mass is 16.1. The summed E-state index contributed by atoms with van der Waals surface area (Å²) in [6.45, 7) is 1.49. The Balaban J connectivity index is 2.28. The van der Waals surface area contributed by atoms with Gasteiger partial charge in [0.15, 0.2) is 0 Å². The fourth-order valence-corrected chi connectivity index (χ4v) is 1.48. The molecule has 0 saturated heterocycles. The SMILES string of the molecule is CC(=O)NC=Cc1c[nH]c2ccccc12. The average molecular weight is 200 g/mol. The standard InChI is InChI=1S/C12H12N2O/c1-9(15)13-7-6-10-8-14-12-5-3-2-4-11(10)12/h2-8,14H,1H3,(H,13,15). The minimum absolute atomic E-state index is 0.0638. The van der Waals surface area contributed by atoms with E-state index in [1.165, 1.54) is 6.92 Å². The second-order valence-corrected chi connectivity index (χ2v) is 3.32. The Hall–Kier alpha value is -2.03. The molecule has 1 aromatic carbocycles. The van der Waals surface area contributed by atoms with Crippen molar-refractivity contribution in [2.45, 2.75) is 6.92 Å². The molecule has 76 valence electrons. The first-order chi connectivity index (χ1) is 7.27. The Morgan fingerprint density at radius 3 is 3.00 bits per heavy atom. The van der Waals surface area contributed by atoms with Gasteiger partial charge in [-0.2, -0.15) is 0 Å². The number of H-pyrrole nitrogens is 1. The minimum atomic E-state index is -0.0638. The average Bonchev–Trinajstić information content (AvgIpc) is 2.62. The molecular weight excluding hydrogens is 188 g/mol. The lowest BCUT2D eigenvalue weighted by atomic mass is 10.2. The number of para-hydroxylation sites is 1. The summed E-state index contributed by atoms with van der Waals surface area (Å²) in [5.41, 5.74) is 2.17. The van der Waals surface area contributed by atoms with Gasteiger partial charge in [-0.3, -0.25) is 4.79 Å². The molecule has 2 rings (SSSR count). The predicted molar refractivity (Wildman–Crippen MR) is 61.1 cm³/mol. The van der Waals surface area contributed by atoms with E-state index in [1.807, 2.05) is 36.5 Å². The number of amides is 1. The van der Waals surface area contributed by atoms with Gasteiger partial charge in [0, 0.05) is 35.8 Å². The highest BCUT2D eigenvalue weighted by Gasteiger charge is 1.98. The summed E-state index contributed by atoms with van der Waals surface area (Å²) in [6.07, 6.45) is 5.45. The van der Waals surface area contributed by atoms with E-state index in [1.54, 1.807) is 6.20 Å². The zero-order valence-corrected chi connectivity index (χ0v) is 8.45. The van der Waals surface area contributed by atoms with Crippen LogP contribution in [0.5, 0.6) is 0 Å². The molecule has 0 aliphatic rings.